The van der Waals surface area contributed by atoms with Gasteiger partial charge >= 0.3 is 0 Å². The zero-order valence-electron chi connectivity index (χ0n) is 22.7. The Hall–Kier alpha value is -5.69. The first-order valence-corrected chi connectivity index (χ1v) is 14.1. The monoisotopic (exact) mass is 577 g/mol. The fourth-order valence-electron chi connectivity index (χ4n) is 7.39. The van der Waals surface area contributed by atoms with Gasteiger partial charge in [0.25, 0.3) is 0 Å². The molecule has 4 aliphatic rings. The second kappa shape index (κ2) is 8.45. The predicted octanol–water partition coefficient (Wildman–Crippen LogP) is 7.03. The Bertz CT molecular complexity index is 2230. The van der Waals surface area contributed by atoms with E-state index in [2.05, 4.69) is 0 Å². The highest BCUT2D eigenvalue weighted by Crippen LogP contribution is 2.55. The maximum absolute atomic E-state index is 14.7. The zero-order valence-corrected chi connectivity index (χ0v) is 22.7. The van der Waals surface area contributed by atoms with Crippen molar-refractivity contribution in [2.24, 2.45) is 5.92 Å². The molecule has 0 spiro atoms. The molecule has 7 heteroatoms. The fraction of sp³-hybridized carbons (Fsp3) is 0.0541. The molecule has 0 saturated heterocycles. The Morgan fingerprint density at radius 2 is 1.05 bits per heavy atom. The summed E-state index contributed by atoms with van der Waals surface area (Å²) in [6.45, 7) is 0. The summed E-state index contributed by atoms with van der Waals surface area (Å²) in [7, 11) is 0. The number of halogens is 2. The predicted molar refractivity (Wildman–Crippen MR) is 157 cm³/mol. The van der Waals surface area contributed by atoms with Gasteiger partial charge in [-0.3, -0.25) is 24.2 Å². The number of allylic oxidation sites excluding steroid dienone is 1. The largest absolute Gasteiger partial charge is 0.293 e. The lowest BCUT2D eigenvalue weighted by Crippen LogP contribution is -2.24. The third kappa shape index (κ3) is 3.03. The quantitative estimate of drug-likeness (QED) is 0.119. The molecule has 1 unspecified atom stereocenters. The number of rotatable bonds is 1. The number of hydrogen-bond donors (Lipinski definition) is 0. The maximum atomic E-state index is 14.7. The van der Waals surface area contributed by atoms with Gasteiger partial charge in [0, 0.05) is 50.4 Å². The van der Waals surface area contributed by atoms with Crippen molar-refractivity contribution in [3.63, 3.8) is 0 Å². The molecule has 4 aromatic carbocycles. The minimum Gasteiger partial charge on any atom is -0.293 e. The molecule has 1 heterocycles. The average Bonchev–Trinajstić information content (AvgIpc) is 3.67. The van der Waals surface area contributed by atoms with Crippen molar-refractivity contribution < 1.29 is 28.0 Å². The molecule has 0 fully saturated rings. The van der Waals surface area contributed by atoms with Crippen LogP contribution in [0.15, 0.2) is 96.6 Å². The van der Waals surface area contributed by atoms with E-state index in [-0.39, 0.29) is 33.8 Å². The van der Waals surface area contributed by atoms with E-state index in [0.717, 1.165) is 0 Å². The molecule has 9 rings (SSSR count). The number of aromatic nitrogens is 1. The highest BCUT2D eigenvalue weighted by Gasteiger charge is 2.49. The molecular weight excluding hydrogens is 560 g/mol. The molecule has 0 saturated carbocycles. The number of nitrogens with zero attached hydrogens (tertiary/aromatic N) is 1. The van der Waals surface area contributed by atoms with E-state index in [1.165, 1.54) is 24.3 Å². The van der Waals surface area contributed by atoms with Crippen molar-refractivity contribution in [3.05, 3.63) is 153 Å². The van der Waals surface area contributed by atoms with Crippen LogP contribution in [-0.4, -0.2) is 28.1 Å². The summed E-state index contributed by atoms with van der Waals surface area (Å²) >= 11 is 0. The Morgan fingerprint density at radius 1 is 0.477 bits per heavy atom. The Balaban J connectivity index is 1.32. The molecule has 5 nitrogen and oxygen atoms in total. The molecule has 0 amide bonds. The number of Topliss-reactive ketones (excluding diaryl/α,β-unsaturated/α-hetero) is 4. The van der Waals surface area contributed by atoms with Crippen LogP contribution >= 0.6 is 0 Å². The highest BCUT2D eigenvalue weighted by atomic mass is 19.1. The molecule has 0 bridgehead atoms. The number of carbonyl (C=O) groups excluding carboxylic acids is 4. The van der Waals surface area contributed by atoms with Gasteiger partial charge in [0.15, 0.2) is 23.1 Å². The van der Waals surface area contributed by atoms with E-state index in [1.807, 2.05) is 0 Å². The van der Waals surface area contributed by atoms with E-state index in [4.69, 9.17) is 4.98 Å². The first-order valence-electron chi connectivity index (χ1n) is 14.1. The molecule has 0 aliphatic heterocycles. The smallest absolute Gasteiger partial charge is 0.198 e. The second-order valence-electron chi connectivity index (χ2n) is 11.4. The SMILES string of the molecule is O=C1C(=C2c3cc(F)ccc3-c3nc4c(cc32)-c2ccc(F)cc2C4C2C(=O)c3ccccc3C2=O)C(=O)c2ccccc21. The van der Waals surface area contributed by atoms with Gasteiger partial charge in [0.1, 0.15) is 11.6 Å². The van der Waals surface area contributed by atoms with Gasteiger partial charge in [-0.05, 0) is 53.1 Å². The van der Waals surface area contributed by atoms with Crippen molar-refractivity contribution in [3.8, 4) is 22.4 Å². The maximum Gasteiger partial charge on any atom is 0.198 e. The Kier molecular flexibility index (Phi) is 4.77. The minimum atomic E-state index is -1.14. The zero-order chi connectivity index (χ0) is 30.0. The van der Waals surface area contributed by atoms with Gasteiger partial charge in [-0.15, -0.1) is 0 Å². The summed E-state index contributed by atoms with van der Waals surface area (Å²) in [5.41, 5.74) is 5.16. The van der Waals surface area contributed by atoms with Crippen molar-refractivity contribution >= 4 is 28.7 Å². The molecule has 44 heavy (non-hydrogen) atoms. The normalized spacial score (nSPS) is 17.5. The van der Waals surface area contributed by atoms with Crippen LogP contribution in [-0.2, 0) is 0 Å². The third-order valence-corrected chi connectivity index (χ3v) is 9.24. The standard InChI is InChI=1S/C37H17F2NO4/c38-16-9-11-18-24(13-16)29(31-36(43)22-7-3-4-8-23(22)37(31)44)33-26(18)15-27-28(25-14-17(39)10-12-19(25)32(27)40-33)30-34(41)20-5-1-2-6-21(20)35(30)42/h1-15,29,31H. The number of hydrogen-bond acceptors (Lipinski definition) is 5. The summed E-state index contributed by atoms with van der Waals surface area (Å²) in [4.78, 5) is 59.8. The van der Waals surface area contributed by atoms with Crippen LogP contribution in [0.1, 0.15) is 69.7 Å². The summed E-state index contributed by atoms with van der Waals surface area (Å²) in [6.07, 6.45) is 0. The van der Waals surface area contributed by atoms with Crippen LogP contribution < -0.4 is 0 Å². The van der Waals surface area contributed by atoms with Gasteiger partial charge in [-0.2, -0.15) is 0 Å². The van der Waals surface area contributed by atoms with Crippen LogP contribution in [0, 0.1) is 17.6 Å². The lowest BCUT2D eigenvalue weighted by Gasteiger charge is -2.19. The lowest BCUT2D eigenvalue weighted by molar-refractivity contribution is 0.0823. The molecule has 0 radical (unpaired) electrons. The molecule has 4 aliphatic carbocycles. The molecule has 208 valence electrons. The summed E-state index contributed by atoms with van der Waals surface area (Å²) in [5.74, 6) is -4.69. The third-order valence-electron chi connectivity index (χ3n) is 9.24. The van der Waals surface area contributed by atoms with Gasteiger partial charge < -0.3 is 0 Å². The highest BCUT2D eigenvalue weighted by molar-refractivity contribution is 6.43. The van der Waals surface area contributed by atoms with E-state index in [0.29, 0.717) is 55.9 Å². The van der Waals surface area contributed by atoms with E-state index < -0.39 is 35.0 Å². The molecular formula is C37H17F2NO4. The van der Waals surface area contributed by atoms with E-state index in [9.17, 15) is 28.0 Å². The van der Waals surface area contributed by atoms with Gasteiger partial charge in [0.2, 0.25) is 0 Å². The molecule has 5 aromatic rings. The average molecular weight is 578 g/mol. The number of carbonyl (C=O) groups is 4. The van der Waals surface area contributed by atoms with E-state index >= 15 is 0 Å². The van der Waals surface area contributed by atoms with Crippen LogP contribution in [0.5, 0.6) is 0 Å². The lowest BCUT2D eigenvalue weighted by atomic mass is 9.83. The van der Waals surface area contributed by atoms with Gasteiger partial charge in [-0.1, -0.05) is 54.6 Å². The molecule has 1 atom stereocenters. The Labute approximate surface area is 248 Å². The second-order valence-corrected chi connectivity index (χ2v) is 11.4. The number of ketones is 4. The number of benzene rings is 4. The molecule has 0 N–H and O–H groups in total. The number of pyridine rings is 1. The fourth-order valence-corrected chi connectivity index (χ4v) is 7.39. The van der Waals surface area contributed by atoms with Crippen molar-refractivity contribution in [1.29, 1.82) is 0 Å². The summed E-state index contributed by atoms with van der Waals surface area (Å²) in [6, 6.07) is 23.3. The summed E-state index contributed by atoms with van der Waals surface area (Å²) < 4.78 is 29.5. The van der Waals surface area contributed by atoms with Crippen molar-refractivity contribution in [1.82, 2.24) is 4.98 Å². The van der Waals surface area contributed by atoms with Crippen LogP contribution in [0.2, 0.25) is 0 Å². The first kappa shape index (κ1) is 24.9. The van der Waals surface area contributed by atoms with Crippen molar-refractivity contribution in [2.75, 3.05) is 0 Å². The Morgan fingerprint density at radius 3 is 1.68 bits per heavy atom. The summed E-state index contributed by atoms with van der Waals surface area (Å²) in [5, 5.41) is 0. The van der Waals surface area contributed by atoms with Crippen LogP contribution in [0.3, 0.4) is 0 Å². The minimum absolute atomic E-state index is 0.0657. The molecule has 1 aromatic heterocycles. The van der Waals surface area contributed by atoms with Gasteiger partial charge in [-0.25, -0.2) is 8.78 Å². The number of fused-ring (bicyclic) bond motifs is 8. The topological polar surface area (TPSA) is 81.2 Å². The van der Waals surface area contributed by atoms with Gasteiger partial charge in [0.05, 0.1) is 22.9 Å². The van der Waals surface area contributed by atoms with Crippen molar-refractivity contribution in [2.45, 2.75) is 5.92 Å². The van der Waals surface area contributed by atoms with Crippen LogP contribution in [0.25, 0.3) is 28.0 Å². The van der Waals surface area contributed by atoms with E-state index in [1.54, 1.807) is 66.7 Å². The first-order chi connectivity index (χ1) is 21.3. The van der Waals surface area contributed by atoms with Crippen LogP contribution in [0.4, 0.5) is 8.78 Å².